The maximum atomic E-state index is 11.2. The van der Waals surface area contributed by atoms with E-state index >= 15 is 0 Å². The van der Waals surface area contributed by atoms with Gasteiger partial charge in [0.15, 0.2) is 18.4 Å². The molecule has 0 aliphatic carbocycles. The van der Waals surface area contributed by atoms with Crippen LogP contribution in [0.15, 0.2) is 4.99 Å². The Balaban J connectivity index is 2.98. The highest BCUT2D eigenvalue weighted by molar-refractivity contribution is 14.1. The molecule has 1 fully saturated rings. The van der Waals surface area contributed by atoms with E-state index in [1.807, 2.05) is 22.6 Å². The molecule has 1 rings (SSSR count). The molecule has 0 unspecified atom stereocenters. The lowest BCUT2D eigenvalue weighted by atomic mass is 10.0. The van der Waals surface area contributed by atoms with Crippen molar-refractivity contribution in [3.63, 3.8) is 0 Å². The molecule has 1 aliphatic heterocycles. The monoisotopic (exact) mass is 399 g/mol. The summed E-state index contributed by atoms with van der Waals surface area (Å²) in [5.74, 6) is -0.916. The summed E-state index contributed by atoms with van der Waals surface area (Å²) in [4.78, 5) is 26.2. The number of thiocarbonyl (C=S) groups is 1. The Bertz CT molecular complexity index is 412. The third-order valence-corrected chi connectivity index (χ3v) is 3.94. The Hall–Kier alpha value is -0.570. The molecule has 0 radical (unpaired) electrons. The zero-order valence-electron chi connectivity index (χ0n) is 10.7. The lowest BCUT2D eigenvalue weighted by molar-refractivity contribution is -0.198. The fourth-order valence-corrected chi connectivity index (χ4v) is 2.81. The van der Waals surface area contributed by atoms with Gasteiger partial charge in [-0.3, -0.25) is 9.59 Å². The predicted molar refractivity (Wildman–Crippen MR) is 78.3 cm³/mol. The number of halogens is 1. The molecule has 0 aromatic heterocycles. The van der Waals surface area contributed by atoms with Crippen molar-refractivity contribution >= 4 is 51.9 Å². The van der Waals surface area contributed by atoms with Crippen molar-refractivity contribution in [2.75, 3.05) is 0 Å². The van der Waals surface area contributed by atoms with Gasteiger partial charge in [-0.25, -0.2) is 0 Å². The van der Waals surface area contributed by atoms with Gasteiger partial charge in [0.25, 0.3) is 0 Å². The SMILES string of the molecule is CC(=O)O[C@@H]1[C@@H](OC(C)=O)[C@H](I)[C@@H](N=C=S)O[C@H]1C. The number of carbonyl (C=O) groups excluding carboxylic acids is 2. The molecular weight excluding hydrogens is 385 g/mol. The molecular formula is C11H14INO5S. The van der Waals surface area contributed by atoms with Crippen molar-refractivity contribution < 1.29 is 23.8 Å². The van der Waals surface area contributed by atoms with Crippen LogP contribution in [0.1, 0.15) is 20.8 Å². The smallest absolute Gasteiger partial charge is 0.303 e. The highest BCUT2D eigenvalue weighted by Crippen LogP contribution is 2.31. The van der Waals surface area contributed by atoms with Gasteiger partial charge in [-0.2, -0.15) is 4.99 Å². The van der Waals surface area contributed by atoms with Crippen LogP contribution in [0.5, 0.6) is 0 Å². The minimum Gasteiger partial charge on any atom is -0.457 e. The molecule has 1 saturated heterocycles. The van der Waals surface area contributed by atoms with Gasteiger partial charge in [-0.05, 0) is 19.1 Å². The van der Waals surface area contributed by atoms with Crippen LogP contribution >= 0.6 is 34.8 Å². The van der Waals surface area contributed by atoms with Gasteiger partial charge >= 0.3 is 11.9 Å². The standard InChI is InChI=1S/C11H14INO5S/c1-5-9(17-6(2)14)10(18-7(3)15)8(12)11(16-5)13-4-19/h5,8-11H,1-3H3/t5-,8-,9-,10-,11-/m0/s1. The number of hydrogen-bond donors (Lipinski definition) is 0. The molecule has 0 saturated carbocycles. The molecule has 5 atom stereocenters. The molecule has 106 valence electrons. The molecule has 19 heavy (non-hydrogen) atoms. The second-order valence-electron chi connectivity index (χ2n) is 4.04. The number of ether oxygens (including phenoxy) is 3. The van der Waals surface area contributed by atoms with Gasteiger partial charge < -0.3 is 14.2 Å². The van der Waals surface area contributed by atoms with E-state index < -0.39 is 36.5 Å². The summed E-state index contributed by atoms with van der Waals surface area (Å²) in [5.41, 5.74) is 0. The first-order chi connectivity index (χ1) is 8.86. The van der Waals surface area contributed by atoms with Crippen LogP contribution < -0.4 is 0 Å². The lowest BCUT2D eigenvalue weighted by Crippen LogP contribution is -2.56. The molecule has 1 heterocycles. The number of carbonyl (C=O) groups is 2. The zero-order valence-corrected chi connectivity index (χ0v) is 13.6. The second kappa shape index (κ2) is 7.28. The van der Waals surface area contributed by atoms with E-state index in [1.54, 1.807) is 6.92 Å². The first-order valence-corrected chi connectivity index (χ1v) is 7.23. The van der Waals surface area contributed by atoms with Gasteiger partial charge in [0.2, 0.25) is 0 Å². The average Bonchev–Trinajstić information content (AvgIpc) is 2.29. The van der Waals surface area contributed by atoms with Crippen molar-refractivity contribution in [3.05, 3.63) is 0 Å². The molecule has 8 heteroatoms. The Morgan fingerprint density at radius 3 is 2.26 bits per heavy atom. The molecule has 0 bridgehead atoms. The molecule has 0 spiro atoms. The van der Waals surface area contributed by atoms with E-state index in [9.17, 15) is 9.59 Å². The lowest BCUT2D eigenvalue weighted by Gasteiger charge is -2.40. The Kier molecular flexibility index (Phi) is 6.31. The summed E-state index contributed by atoms with van der Waals surface area (Å²) >= 11 is 6.59. The van der Waals surface area contributed by atoms with Crippen LogP contribution in [0.3, 0.4) is 0 Å². The molecule has 0 aromatic rings. The van der Waals surface area contributed by atoms with Crippen molar-refractivity contribution in [3.8, 4) is 0 Å². The Labute approximate surface area is 130 Å². The van der Waals surface area contributed by atoms with Crippen molar-refractivity contribution in [2.24, 2.45) is 4.99 Å². The van der Waals surface area contributed by atoms with E-state index in [1.165, 1.54) is 13.8 Å². The Morgan fingerprint density at radius 2 is 1.79 bits per heavy atom. The average molecular weight is 399 g/mol. The summed E-state index contributed by atoms with van der Waals surface area (Å²) in [6.07, 6.45) is -2.34. The van der Waals surface area contributed by atoms with E-state index in [4.69, 9.17) is 14.2 Å². The van der Waals surface area contributed by atoms with E-state index in [0.717, 1.165) is 0 Å². The van der Waals surface area contributed by atoms with Crippen molar-refractivity contribution in [1.82, 2.24) is 0 Å². The van der Waals surface area contributed by atoms with Gasteiger partial charge in [0.1, 0.15) is 0 Å². The quantitative estimate of drug-likeness (QED) is 0.236. The number of esters is 2. The first-order valence-electron chi connectivity index (χ1n) is 5.57. The van der Waals surface area contributed by atoms with Crippen LogP contribution in [0, 0.1) is 0 Å². The van der Waals surface area contributed by atoms with Crippen LogP contribution in [0.25, 0.3) is 0 Å². The second-order valence-corrected chi connectivity index (χ2v) is 5.67. The largest absolute Gasteiger partial charge is 0.457 e. The van der Waals surface area contributed by atoms with Crippen LogP contribution in [-0.4, -0.2) is 45.6 Å². The summed E-state index contributed by atoms with van der Waals surface area (Å²) in [7, 11) is 0. The first kappa shape index (κ1) is 16.5. The van der Waals surface area contributed by atoms with Crippen LogP contribution in [0.4, 0.5) is 0 Å². The summed E-state index contributed by atoms with van der Waals surface area (Å²) < 4.78 is 15.7. The number of rotatable bonds is 3. The van der Waals surface area contributed by atoms with E-state index in [-0.39, 0.29) is 3.92 Å². The third-order valence-electron chi connectivity index (χ3n) is 2.51. The fraction of sp³-hybridized carbons (Fsp3) is 0.727. The van der Waals surface area contributed by atoms with Crippen LogP contribution in [0.2, 0.25) is 0 Å². The number of nitrogens with zero attached hydrogens (tertiary/aromatic N) is 1. The number of alkyl halides is 1. The molecule has 0 aromatic carbocycles. The van der Waals surface area contributed by atoms with Gasteiger partial charge in [0, 0.05) is 13.8 Å². The van der Waals surface area contributed by atoms with Crippen molar-refractivity contribution in [2.45, 2.75) is 49.2 Å². The maximum Gasteiger partial charge on any atom is 0.303 e. The molecule has 1 aliphatic rings. The summed E-state index contributed by atoms with van der Waals surface area (Å²) in [6.45, 7) is 4.31. The van der Waals surface area contributed by atoms with Gasteiger partial charge in [0.05, 0.1) is 15.2 Å². The van der Waals surface area contributed by atoms with Crippen LogP contribution in [-0.2, 0) is 23.8 Å². The molecule has 0 amide bonds. The number of aliphatic imine (C=N–C) groups is 1. The van der Waals surface area contributed by atoms with Gasteiger partial charge in [-0.15, -0.1) is 0 Å². The highest BCUT2D eigenvalue weighted by atomic mass is 127. The van der Waals surface area contributed by atoms with E-state index in [2.05, 4.69) is 22.4 Å². The number of isothiocyanates is 1. The zero-order chi connectivity index (χ0) is 14.6. The summed E-state index contributed by atoms with van der Waals surface area (Å²) in [6, 6.07) is 0. The topological polar surface area (TPSA) is 74.2 Å². The highest BCUT2D eigenvalue weighted by Gasteiger charge is 2.47. The summed E-state index contributed by atoms with van der Waals surface area (Å²) in [5, 5.41) is 2.25. The minimum absolute atomic E-state index is 0.322. The fourth-order valence-electron chi connectivity index (χ4n) is 1.81. The molecule has 0 N–H and O–H groups in total. The molecule has 6 nitrogen and oxygen atoms in total. The maximum absolute atomic E-state index is 11.2. The predicted octanol–water partition coefficient (Wildman–Crippen LogP) is 1.50. The van der Waals surface area contributed by atoms with Gasteiger partial charge in [-0.1, -0.05) is 22.6 Å². The minimum atomic E-state index is -0.667. The van der Waals surface area contributed by atoms with Crippen molar-refractivity contribution in [1.29, 1.82) is 0 Å². The Morgan fingerprint density at radius 1 is 1.26 bits per heavy atom. The third kappa shape index (κ3) is 4.48. The normalized spacial score (nSPS) is 34.0. The number of hydrogen-bond acceptors (Lipinski definition) is 7. The van der Waals surface area contributed by atoms with E-state index in [0.29, 0.717) is 0 Å².